The molecule has 5 nitrogen and oxygen atoms in total. The Kier molecular flexibility index (Phi) is 7.62. The molecular formula is C14H21NO4. The highest BCUT2D eigenvalue weighted by molar-refractivity contribution is 5.98. The summed E-state index contributed by atoms with van der Waals surface area (Å²) in [5.74, 6) is 0.737. The highest BCUT2D eigenvalue weighted by atomic mass is 16.5. The molecule has 0 aliphatic rings. The van der Waals surface area contributed by atoms with Gasteiger partial charge in [-0.25, -0.2) is 0 Å². The third-order valence-corrected chi connectivity index (χ3v) is 2.54. The molecule has 5 heteroatoms. The maximum atomic E-state index is 8.71. The molecule has 0 aliphatic heterocycles. The lowest BCUT2D eigenvalue weighted by atomic mass is 10.1. The summed E-state index contributed by atoms with van der Waals surface area (Å²) in [5, 5.41) is 11.9. The average Bonchev–Trinajstić information content (AvgIpc) is 2.46. The van der Waals surface area contributed by atoms with Gasteiger partial charge in [-0.05, 0) is 25.5 Å². The number of benzene rings is 1. The van der Waals surface area contributed by atoms with E-state index in [-0.39, 0.29) is 0 Å². The normalized spacial score (nSPS) is 11.6. The van der Waals surface area contributed by atoms with Gasteiger partial charge in [-0.15, -0.1) is 0 Å². The minimum atomic E-state index is 0.492. The van der Waals surface area contributed by atoms with Gasteiger partial charge in [-0.2, -0.15) is 0 Å². The van der Waals surface area contributed by atoms with Crippen LogP contribution < -0.4 is 4.74 Å². The van der Waals surface area contributed by atoms with E-state index in [1.165, 1.54) is 0 Å². The molecule has 0 fully saturated rings. The van der Waals surface area contributed by atoms with Gasteiger partial charge in [-0.1, -0.05) is 17.3 Å². The van der Waals surface area contributed by atoms with Crippen molar-refractivity contribution < 1.29 is 19.4 Å². The van der Waals surface area contributed by atoms with Crippen LogP contribution in [0.3, 0.4) is 0 Å². The molecule has 0 aromatic heterocycles. The maximum Gasteiger partial charge on any atom is 0.120 e. The molecule has 0 saturated heterocycles. The predicted octanol–water partition coefficient (Wildman–Crippen LogP) is 2.32. The minimum absolute atomic E-state index is 0.492. The van der Waals surface area contributed by atoms with E-state index in [0.717, 1.165) is 17.7 Å². The summed E-state index contributed by atoms with van der Waals surface area (Å²) in [6, 6.07) is 7.42. The first-order chi connectivity index (χ1) is 9.27. The smallest absolute Gasteiger partial charge is 0.120 e. The Morgan fingerprint density at radius 1 is 1.21 bits per heavy atom. The molecule has 106 valence electrons. The van der Waals surface area contributed by atoms with E-state index < -0.39 is 0 Å². The minimum Gasteiger partial charge on any atom is -0.491 e. The Balaban J connectivity index is 2.26. The van der Waals surface area contributed by atoms with E-state index in [9.17, 15) is 0 Å². The Bertz CT molecular complexity index is 393. The quantitative estimate of drug-likeness (QED) is 0.323. The zero-order chi connectivity index (χ0) is 13.9. The summed E-state index contributed by atoms with van der Waals surface area (Å²) in [7, 11) is 1.67. The molecule has 0 radical (unpaired) electrons. The van der Waals surface area contributed by atoms with E-state index in [2.05, 4.69) is 5.16 Å². The summed E-state index contributed by atoms with van der Waals surface area (Å²) in [6.07, 6.45) is 0.887. The highest BCUT2D eigenvalue weighted by Crippen LogP contribution is 2.13. The first-order valence-corrected chi connectivity index (χ1v) is 6.26. The fourth-order valence-corrected chi connectivity index (χ4v) is 1.49. The van der Waals surface area contributed by atoms with Crippen molar-refractivity contribution in [1.82, 2.24) is 0 Å². The lowest BCUT2D eigenvalue weighted by Gasteiger charge is -2.08. The van der Waals surface area contributed by atoms with Crippen LogP contribution in [0.5, 0.6) is 5.75 Å². The van der Waals surface area contributed by atoms with Crippen LogP contribution in [-0.4, -0.2) is 44.5 Å². The number of oxime groups is 1. The van der Waals surface area contributed by atoms with Gasteiger partial charge in [0.2, 0.25) is 0 Å². The topological polar surface area (TPSA) is 60.3 Å². The van der Waals surface area contributed by atoms with Gasteiger partial charge in [0.15, 0.2) is 0 Å². The summed E-state index contributed by atoms with van der Waals surface area (Å²) in [6.45, 7) is 4.15. The third-order valence-electron chi connectivity index (χ3n) is 2.54. The van der Waals surface area contributed by atoms with Gasteiger partial charge in [0.05, 0.1) is 12.3 Å². The van der Waals surface area contributed by atoms with Crippen molar-refractivity contribution in [3.63, 3.8) is 0 Å². The third kappa shape index (κ3) is 6.22. The summed E-state index contributed by atoms with van der Waals surface area (Å²) in [4.78, 5) is 0. The SMILES string of the molecule is COCCCOCCOc1cccc(/C(C)=N/O)c1. The average molecular weight is 267 g/mol. The first kappa shape index (κ1) is 15.5. The standard InChI is InChI=1S/C14H21NO4/c1-12(15-16)13-5-3-6-14(11-13)19-10-9-18-8-4-7-17-2/h3,5-6,11,16H,4,7-10H2,1-2H3/b15-12+. The Hall–Kier alpha value is -1.59. The first-order valence-electron chi connectivity index (χ1n) is 6.26. The molecule has 0 bridgehead atoms. The number of rotatable bonds is 9. The predicted molar refractivity (Wildman–Crippen MR) is 73.2 cm³/mol. The van der Waals surface area contributed by atoms with E-state index in [1.54, 1.807) is 14.0 Å². The van der Waals surface area contributed by atoms with Crippen molar-refractivity contribution in [3.05, 3.63) is 29.8 Å². The van der Waals surface area contributed by atoms with E-state index in [0.29, 0.717) is 32.1 Å². The van der Waals surface area contributed by atoms with Crippen LogP contribution in [0.1, 0.15) is 18.9 Å². The lowest BCUT2D eigenvalue weighted by Crippen LogP contribution is -2.08. The number of hydrogen-bond acceptors (Lipinski definition) is 5. The molecule has 19 heavy (non-hydrogen) atoms. The van der Waals surface area contributed by atoms with Crippen molar-refractivity contribution in [2.45, 2.75) is 13.3 Å². The Morgan fingerprint density at radius 2 is 2.05 bits per heavy atom. The molecule has 1 aromatic rings. The molecule has 0 atom stereocenters. The fourth-order valence-electron chi connectivity index (χ4n) is 1.49. The molecule has 1 N–H and O–H groups in total. The van der Waals surface area contributed by atoms with Crippen LogP contribution in [-0.2, 0) is 9.47 Å². The zero-order valence-corrected chi connectivity index (χ0v) is 11.5. The molecule has 0 unspecified atom stereocenters. The number of nitrogens with zero attached hydrogens (tertiary/aromatic N) is 1. The molecule has 0 amide bonds. The summed E-state index contributed by atoms with van der Waals surface area (Å²) in [5.41, 5.74) is 1.39. The van der Waals surface area contributed by atoms with Crippen molar-refractivity contribution in [2.75, 3.05) is 33.5 Å². The van der Waals surface area contributed by atoms with Gasteiger partial charge in [-0.3, -0.25) is 0 Å². The van der Waals surface area contributed by atoms with Gasteiger partial charge in [0.25, 0.3) is 0 Å². The largest absolute Gasteiger partial charge is 0.491 e. The van der Waals surface area contributed by atoms with Gasteiger partial charge >= 0.3 is 0 Å². The van der Waals surface area contributed by atoms with E-state index in [1.807, 2.05) is 24.3 Å². The van der Waals surface area contributed by atoms with E-state index >= 15 is 0 Å². The number of ether oxygens (including phenoxy) is 3. The second-order valence-electron chi connectivity index (χ2n) is 4.02. The summed E-state index contributed by atoms with van der Waals surface area (Å²) >= 11 is 0. The molecule has 0 saturated carbocycles. The van der Waals surface area contributed by atoms with Crippen LogP contribution in [0, 0.1) is 0 Å². The van der Waals surface area contributed by atoms with Crippen LogP contribution in [0.4, 0.5) is 0 Å². The second kappa shape index (κ2) is 9.35. The zero-order valence-electron chi connectivity index (χ0n) is 11.5. The molecule has 1 aromatic carbocycles. The maximum absolute atomic E-state index is 8.71. The fraction of sp³-hybridized carbons (Fsp3) is 0.500. The van der Waals surface area contributed by atoms with Crippen molar-refractivity contribution in [1.29, 1.82) is 0 Å². The molecule has 0 spiro atoms. The van der Waals surface area contributed by atoms with Crippen LogP contribution in [0.2, 0.25) is 0 Å². The van der Waals surface area contributed by atoms with Crippen molar-refractivity contribution in [2.24, 2.45) is 5.16 Å². The molecular weight excluding hydrogens is 246 g/mol. The van der Waals surface area contributed by atoms with Gasteiger partial charge in [0, 0.05) is 25.9 Å². The monoisotopic (exact) mass is 267 g/mol. The highest BCUT2D eigenvalue weighted by Gasteiger charge is 2.00. The van der Waals surface area contributed by atoms with Crippen molar-refractivity contribution in [3.8, 4) is 5.75 Å². The summed E-state index contributed by atoms with van der Waals surface area (Å²) < 4.78 is 15.9. The number of methoxy groups -OCH3 is 1. The Labute approximate surface area is 113 Å². The second-order valence-corrected chi connectivity index (χ2v) is 4.02. The van der Waals surface area contributed by atoms with Crippen LogP contribution >= 0.6 is 0 Å². The number of hydrogen-bond donors (Lipinski definition) is 1. The lowest BCUT2D eigenvalue weighted by molar-refractivity contribution is 0.0806. The molecule has 1 rings (SSSR count). The van der Waals surface area contributed by atoms with E-state index in [4.69, 9.17) is 19.4 Å². The molecule has 0 aliphatic carbocycles. The van der Waals surface area contributed by atoms with Gasteiger partial charge in [0.1, 0.15) is 12.4 Å². The van der Waals surface area contributed by atoms with Crippen LogP contribution in [0.25, 0.3) is 0 Å². The Morgan fingerprint density at radius 3 is 2.79 bits per heavy atom. The molecule has 0 heterocycles. The van der Waals surface area contributed by atoms with Gasteiger partial charge < -0.3 is 19.4 Å². The van der Waals surface area contributed by atoms with Crippen molar-refractivity contribution >= 4 is 5.71 Å². The van der Waals surface area contributed by atoms with Crippen LogP contribution in [0.15, 0.2) is 29.4 Å².